The number of amides is 1. The molecule has 1 aliphatic heterocycles. The Kier molecular flexibility index (Phi) is 5.00. The summed E-state index contributed by atoms with van der Waals surface area (Å²) in [5, 5.41) is 3.36. The molecule has 0 saturated carbocycles. The van der Waals surface area contributed by atoms with Crippen LogP contribution in [0, 0.1) is 0 Å². The number of fused-ring (bicyclic) bond motifs is 1. The molecule has 2 aromatic rings. The van der Waals surface area contributed by atoms with E-state index < -0.39 is 0 Å². The van der Waals surface area contributed by atoms with Crippen LogP contribution < -0.4 is 10.2 Å². The number of nitrogens with zero attached hydrogens (tertiary/aromatic N) is 1. The Morgan fingerprint density at radius 3 is 2.42 bits per heavy atom. The van der Waals surface area contributed by atoms with Crippen molar-refractivity contribution in [1.29, 1.82) is 0 Å². The van der Waals surface area contributed by atoms with Gasteiger partial charge in [0.2, 0.25) is 5.91 Å². The summed E-state index contributed by atoms with van der Waals surface area (Å²) in [5.74, 6) is 0.685. The van der Waals surface area contributed by atoms with Gasteiger partial charge in [0.15, 0.2) is 0 Å². The molecule has 0 aliphatic carbocycles. The molecule has 1 unspecified atom stereocenters. The Bertz CT molecular complexity index is 706. The molecule has 1 heterocycles. The van der Waals surface area contributed by atoms with Crippen molar-refractivity contribution < 1.29 is 4.79 Å². The molecular weight excluding hydrogens is 296 g/mol. The molecular formula is C21H26N2O. The largest absolute Gasteiger partial charge is 0.311 e. The Balaban J connectivity index is 1.58. The van der Waals surface area contributed by atoms with Crippen LogP contribution in [0.1, 0.15) is 49.4 Å². The molecule has 3 heteroatoms. The molecule has 2 aromatic carbocycles. The number of anilines is 1. The van der Waals surface area contributed by atoms with Gasteiger partial charge in [-0.1, -0.05) is 56.3 Å². The first kappa shape index (κ1) is 16.7. The van der Waals surface area contributed by atoms with Gasteiger partial charge < -0.3 is 10.2 Å². The molecule has 126 valence electrons. The van der Waals surface area contributed by atoms with E-state index in [2.05, 4.69) is 56.4 Å². The van der Waals surface area contributed by atoms with Crippen molar-refractivity contribution >= 4 is 11.6 Å². The molecule has 1 atom stereocenters. The summed E-state index contributed by atoms with van der Waals surface area (Å²) in [5.41, 5.74) is 4.89. The van der Waals surface area contributed by atoms with E-state index in [1.54, 1.807) is 0 Å². The topological polar surface area (TPSA) is 32.3 Å². The highest BCUT2D eigenvalue weighted by atomic mass is 16.2. The second-order valence-corrected chi connectivity index (χ2v) is 6.85. The molecule has 1 amide bonds. The van der Waals surface area contributed by atoms with Crippen molar-refractivity contribution in [1.82, 2.24) is 5.32 Å². The van der Waals surface area contributed by atoms with Gasteiger partial charge in [0.1, 0.15) is 0 Å². The van der Waals surface area contributed by atoms with Gasteiger partial charge in [-0.05, 0) is 42.0 Å². The van der Waals surface area contributed by atoms with E-state index in [1.165, 1.54) is 16.7 Å². The number of hydrogen-bond acceptors (Lipinski definition) is 2. The number of hydrogen-bond donors (Lipinski definition) is 1. The molecule has 1 aliphatic rings. The minimum atomic E-state index is 0.144. The standard InChI is InChI=1S/C21H26N2O/c1-15(2)17-8-10-18(11-9-17)16(3)22-14-21(24)23-13-12-19-6-4-5-7-20(19)23/h4-11,15-16,22H,12-14H2,1-3H3. The fraction of sp³-hybridized carbons (Fsp3) is 0.381. The average molecular weight is 322 g/mol. The number of benzene rings is 2. The molecule has 0 fully saturated rings. The number of para-hydroxylation sites is 1. The third-order valence-electron chi connectivity index (χ3n) is 4.85. The summed E-state index contributed by atoms with van der Waals surface area (Å²) >= 11 is 0. The predicted octanol–water partition coefficient (Wildman–Crippen LogP) is 4.05. The van der Waals surface area contributed by atoms with Crippen LogP contribution in [-0.4, -0.2) is 19.0 Å². The minimum absolute atomic E-state index is 0.144. The van der Waals surface area contributed by atoms with Crippen molar-refractivity contribution in [3.05, 3.63) is 65.2 Å². The highest BCUT2D eigenvalue weighted by Gasteiger charge is 2.24. The highest BCUT2D eigenvalue weighted by molar-refractivity contribution is 5.96. The monoisotopic (exact) mass is 322 g/mol. The predicted molar refractivity (Wildman–Crippen MR) is 99.4 cm³/mol. The Labute approximate surface area is 144 Å². The second kappa shape index (κ2) is 7.18. The summed E-state index contributed by atoms with van der Waals surface area (Å²) in [7, 11) is 0. The maximum Gasteiger partial charge on any atom is 0.240 e. The highest BCUT2D eigenvalue weighted by Crippen LogP contribution is 2.27. The molecule has 1 N–H and O–H groups in total. The van der Waals surface area contributed by atoms with E-state index in [0.717, 1.165) is 18.7 Å². The van der Waals surface area contributed by atoms with Crippen LogP contribution in [0.2, 0.25) is 0 Å². The zero-order valence-corrected chi connectivity index (χ0v) is 14.8. The lowest BCUT2D eigenvalue weighted by atomic mass is 9.99. The summed E-state index contributed by atoms with van der Waals surface area (Å²) in [6.45, 7) is 7.65. The number of nitrogens with one attached hydrogen (secondary N) is 1. The average Bonchev–Trinajstić information content (AvgIpc) is 3.03. The van der Waals surface area contributed by atoms with Crippen LogP contribution in [-0.2, 0) is 11.2 Å². The fourth-order valence-corrected chi connectivity index (χ4v) is 3.22. The molecule has 24 heavy (non-hydrogen) atoms. The molecule has 3 nitrogen and oxygen atoms in total. The smallest absolute Gasteiger partial charge is 0.240 e. The van der Waals surface area contributed by atoms with Gasteiger partial charge in [-0.25, -0.2) is 0 Å². The van der Waals surface area contributed by atoms with Crippen molar-refractivity contribution in [3.8, 4) is 0 Å². The summed E-state index contributed by atoms with van der Waals surface area (Å²) < 4.78 is 0. The molecule has 0 bridgehead atoms. The molecule has 0 saturated heterocycles. The minimum Gasteiger partial charge on any atom is -0.311 e. The fourth-order valence-electron chi connectivity index (χ4n) is 3.22. The van der Waals surface area contributed by atoms with Crippen LogP contribution in [0.25, 0.3) is 0 Å². The second-order valence-electron chi connectivity index (χ2n) is 6.85. The van der Waals surface area contributed by atoms with E-state index in [1.807, 2.05) is 23.1 Å². The van der Waals surface area contributed by atoms with Crippen molar-refractivity contribution in [2.45, 2.75) is 39.2 Å². The summed E-state index contributed by atoms with van der Waals surface area (Å²) in [4.78, 5) is 14.5. The number of carbonyl (C=O) groups is 1. The van der Waals surface area contributed by atoms with Gasteiger partial charge >= 0.3 is 0 Å². The van der Waals surface area contributed by atoms with Gasteiger partial charge in [-0.3, -0.25) is 4.79 Å². The third kappa shape index (κ3) is 3.51. The van der Waals surface area contributed by atoms with Gasteiger partial charge in [0.25, 0.3) is 0 Å². The van der Waals surface area contributed by atoms with Crippen LogP contribution in [0.3, 0.4) is 0 Å². The van der Waals surface area contributed by atoms with Crippen LogP contribution in [0.4, 0.5) is 5.69 Å². The van der Waals surface area contributed by atoms with Gasteiger partial charge in [0, 0.05) is 18.3 Å². The maximum atomic E-state index is 12.6. The van der Waals surface area contributed by atoms with E-state index in [-0.39, 0.29) is 11.9 Å². The summed E-state index contributed by atoms with van der Waals surface area (Å²) in [6.07, 6.45) is 0.953. The van der Waals surface area contributed by atoms with Gasteiger partial charge in [-0.2, -0.15) is 0 Å². The Hall–Kier alpha value is -2.13. The molecule has 3 rings (SSSR count). The van der Waals surface area contributed by atoms with Crippen LogP contribution in [0.5, 0.6) is 0 Å². The molecule has 0 radical (unpaired) electrons. The lowest BCUT2D eigenvalue weighted by Crippen LogP contribution is -2.38. The lowest BCUT2D eigenvalue weighted by molar-refractivity contribution is -0.117. The normalized spacial score (nSPS) is 14.8. The number of carbonyl (C=O) groups excluding carboxylic acids is 1. The lowest BCUT2D eigenvalue weighted by Gasteiger charge is -2.20. The SMILES string of the molecule is CC(C)c1ccc(C(C)NCC(=O)N2CCc3ccccc32)cc1. The van der Waals surface area contributed by atoms with Crippen molar-refractivity contribution in [2.75, 3.05) is 18.0 Å². The van der Waals surface area contributed by atoms with E-state index in [9.17, 15) is 4.79 Å². The van der Waals surface area contributed by atoms with Crippen LogP contribution >= 0.6 is 0 Å². The molecule has 0 aromatic heterocycles. The third-order valence-corrected chi connectivity index (χ3v) is 4.85. The number of rotatable bonds is 5. The van der Waals surface area contributed by atoms with Crippen LogP contribution in [0.15, 0.2) is 48.5 Å². The quantitative estimate of drug-likeness (QED) is 0.900. The Morgan fingerprint density at radius 2 is 1.71 bits per heavy atom. The van der Waals surface area contributed by atoms with E-state index >= 15 is 0 Å². The van der Waals surface area contributed by atoms with Gasteiger partial charge in [0.05, 0.1) is 6.54 Å². The zero-order chi connectivity index (χ0) is 17.1. The van der Waals surface area contributed by atoms with E-state index in [4.69, 9.17) is 0 Å². The Morgan fingerprint density at radius 1 is 1.04 bits per heavy atom. The first-order chi connectivity index (χ1) is 11.6. The first-order valence-corrected chi connectivity index (χ1v) is 8.78. The van der Waals surface area contributed by atoms with Crippen molar-refractivity contribution in [3.63, 3.8) is 0 Å². The summed E-state index contributed by atoms with van der Waals surface area (Å²) in [6, 6.07) is 17.0. The molecule has 0 spiro atoms. The maximum absolute atomic E-state index is 12.6. The van der Waals surface area contributed by atoms with Crippen molar-refractivity contribution in [2.24, 2.45) is 0 Å². The zero-order valence-electron chi connectivity index (χ0n) is 14.8. The first-order valence-electron chi connectivity index (χ1n) is 8.78. The van der Waals surface area contributed by atoms with E-state index in [0.29, 0.717) is 12.5 Å². The van der Waals surface area contributed by atoms with Gasteiger partial charge in [-0.15, -0.1) is 0 Å².